The number of likely N-dealkylation sites (N-methyl/N-ethyl adjacent to an activating group) is 7. The Bertz CT molecular complexity index is 3180. The van der Waals surface area contributed by atoms with Crippen molar-refractivity contribution in [2.75, 3.05) is 75.5 Å². The van der Waals surface area contributed by atoms with Gasteiger partial charge in [0, 0.05) is 74.6 Å². The molecule has 3 N–H and O–H groups in total. The number of carbonyl (C=O) groups excluding carboxylic acids is 11. The molecule has 1 unspecified atom stereocenters. The normalized spacial score (nSPS) is 25.9. The van der Waals surface area contributed by atoms with Crippen molar-refractivity contribution in [2.24, 2.45) is 17.8 Å². The second kappa shape index (κ2) is 32.7. The lowest BCUT2D eigenvalue weighted by molar-refractivity contribution is -0.156. The van der Waals surface area contributed by atoms with Crippen molar-refractivity contribution in [1.29, 1.82) is 0 Å². The highest BCUT2D eigenvalue weighted by Crippen LogP contribution is 2.40. The van der Waals surface area contributed by atoms with E-state index in [1.165, 1.54) is 64.0 Å². The fourth-order valence-corrected chi connectivity index (χ4v) is 13.4. The maximum absolute atomic E-state index is 16.0. The number of benzene rings is 2. The molecule has 2 aliphatic heterocycles. The molecule has 6 rings (SSSR count). The summed E-state index contributed by atoms with van der Waals surface area (Å²) in [7, 11) is 9.64. The van der Waals surface area contributed by atoms with Crippen LogP contribution in [0.5, 0.6) is 0 Å². The van der Waals surface area contributed by atoms with Gasteiger partial charge in [0.2, 0.25) is 65.0 Å². The summed E-state index contributed by atoms with van der Waals surface area (Å²) in [5.74, 6) is -13.3. The molecule has 96 heavy (non-hydrogen) atoms. The van der Waals surface area contributed by atoms with Gasteiger partial charge in [0.05, 0.1) is 36.8 Å². The minimum atomic E-state index is -4.83. The molecule has 0 radical (unpaired) electrons. The number of fused-ring (bicyclic) bond motifs is 1. The Morgan fingerprint density at radius 1 is 0.656 bits per heavy atom. The van der Waals surface area contributed by atoms with Crippen molar-refractivity contribution in [3.8, 4) is 0 Å². The second-order valence-electron chi connectivity index (χ2n) is 27.6. The lowest BCUT2D eigenvalue weighted by atomic mass is 9.74. The highest BCUT2D eigenvalue weighted by atomic mass is 35.5. The van der Waals surface area contributed by atoms with E-state index >= 15 is 23.2 Å². The molecular formula is C68H97ClF5N11O11. The van der Waals surface area contributed by atoms with Crippen LogP contribution in [0.15, 0.2) is 42.5 Å². The average molecular weight is 1380 g/mol. The predicted molar refractivity (Wildman–Crippen MR) is 348 cm³/mol. The number of aryl methyl sites for hydroxylation is 2. The molecule has 2 saturated heterocycles. The van der Waals surface area contributed by atoms with Crippen molar-refractivity contribution in [2.45, 2.75) is 198 Å². The zero-order valence-corrected chi connectivity index (χ0v) is 58.3. The molecule has 22 nitrogen and oxygen atoms in total. The SMILES string of the molecule is CC[C@H](C)[C@@H]1NC(=O)[C@H](CC(C)C)N(C)C(=O)C[C@@H](C)N(C)C(=O)[C@H](C2CCCCC2)N(C)C(=O)C2(CCC2)NC(=O)C2CC(F)(F)CN2C(=O)[C@H](CCc2ccc(C(F)(F)F)c(Cl)c2)NC(=O)CN(C)C(=O)[C@H](Cc2ccc(C)cc2)N(C)C(=O)CN(C)C(=O)CN(C)C1=O. The summed E-state index contributed by atoms with van der Waals surface area (Å²) in [4.78, 5) is 170. The van der Waals surface area contributed by atoms with E-state index in [2.05, 4.69) is 16.0 Å². The van der Waals surface area contributed by atoms with Gasteiger partial charge in [-0.3, -0.25) is 52.7 Å². The third-order valence-electron chi connectivity index (χ3n) is 19.7. The van der Waals surface area contributed by atoms with Crippen molar-refractivity contribution >= 4 is 76.6 Å². The van der Waals surface area contributed by atoms with Crippen LogP contribution >= 0.6 is 11.6 Å². The van der Waals surface area contributed by atoms with E-state index < -0.39 is 180 Å². The first-order valence-corrected chi connectivity index (χ1v) is 33.5. The molecule has 4 fully saturated rings. The van der Waals surface area contributed by atoms with Crippen molar-refractivity contribution in [1.82, 2.24) is 55.1 Å². The smallest absolute Gasteiger partial charge is 0.343 e. The van der Waals surface area contributed by atoms with E-state index in [9.17, 15) is 51.5 Å². The van der Waals surface area contributed by atoms with Crippen LogP contribution in [0.2, 0.25) is 5.02 Å². The summed E-state index contributed by atoms with van der Waals surface area (Å²) >= 11 is 6.07. The Kier molecular flexibility index (Phi) is 26.4. The third-order valence-corrected chi connectivity index (χ3v) is 20.0. The van der Waals surface area contributed by atoms with Crippen LogP contribution in [0.4, 0.5) is 22.0 Å². The summed E-state index contributed by atoms with van der Waals surface area (Å²) in [5, 5.41) is 7.43. The maximum atomic E-state index is 16.0. The highest BCUT2D eigenvalue weighted by Gasteiger charge is 2.56. The largest absolute Gasteiger partial charge is 0.417 e. The molecule has 1 spiro atoms. The van der Waals surface area contributed by atoms with Gasteiger partial charge in [-0.1, -0.05) is 101 Å². The van der Waals surface area contributed by atoms with Gasteiger partial charge in [0.25, 0.3) is 5.92 Å². The van der Waals surface area contributed by atoms with Gasteiger partial charge in [-0.2, -0.15) is 13.2 Å². The van der Waals surface area contributed by atoms with Crippen molar-refractivity contribution in [3.05, 3.63) is 69.7 Å². The molecule has 2 aromatic carbocycles. The number of nitrogens with one attached hydrogen (secondary N) is 3. The van der Waals surface area contributed by atoms with Gasteiger partial charge in [0.15, 0.2) is 0 Å². The predicted octanol–water partition coefficient (Wildman–Crippen LogP) is 5.87. The number of halogens is 6. The van der Waals surface area contributed by atoms with Gasteiger partial charge in [-0.05, 0) is 106 Å². The first-order chi connectivity index (χ1) is 44.8. The Balaban J connectivity index is 1.41. The molecule has 8 atom stereocenters. The molecule has 4 aliphatic rings. The summed E-state index contributed by atoms with van der Waals surface area (Å²) in [6.07, 6.45) is -2.72. The number of hydrogen-bond acceptors (Lipinski definition) is 11. The molecular weight excluding hydrogens is 1280 g/mol. The maximum Gasteiger partial charge on any atom is 0.417 e. The van der Waals surface area contributed by atoms with Crippen LogP contribution in [-0.2, 0) is 71.8 Å². The Hall–Kier alpha value is -7.45. The molecule has 11 amide bonds. The van der Waals surface area contributed by atoms with Gasteiger partial charge in [-0.25, -0.2) is 8.78 Å². The van der Waals surface area contributed by atoms with Gasteiger partial charge >= 0.3 is 6.18 Å². The fraction of sp³-hybridized carbons (Fsp3) is 0.662. The zero-order chi connectivity index (χ0) is 71.6. The number of carbonyl (C=O) groups is 11. The molecule has 2 aromatic rings. The Morgan fingerprint density at radius 2 is 1.25 bits per heavy atom. The van der Waals surface area contributed by atoms with Crippen molar-refractivity contribution in [3.63, 3.8) is 0 Å². The lowest BCUT2D eigenvalue weighted by Crippen LogP contribution is -2.68. The fourth-order valence-electron chi connectivity index (χ4n) is 13.1. The number of hydrogen-bond donors (Lipinski definition) is 3. The van der Waals surface area contributed by atoms with E-state index in [4.69, 9.17) is 11.6 Å². The van der Waals surface area contributed by atoms with Crippen LogP contribution in [0.1, 0.15) is 140 Å². The van der Waals surface area contributed by atoms with Gasteiger partial charge < -0.3 is 55.1 Å². The summed E-state index contributed by atoms with van der Waals surface area (Å²) in [5.41, 5.74) is -1.28. The molecule has 2 heterocycles. The molecule has 0 bridgehead atoms. The number of amides is 11. The van der Waals surface area contributed by atoms with E-state index in [-0.39, 0.29) is 55.9 Å². The van der Waals surface area contributed by atoms with Crippen LogP contribution in [0, 0.1) is 24.7 Å². The van der Waals surface area contributed by atoms with E-state index in [1.54, 1.807) is 38.1 Å². The molecule has 2 aliphatic carbocycles. The monoisotopic (exact) mass is 1370 g/mol. The third kappa shape index (κ3) is 19.2. The van der Waals surface area contributed by atoms with Crippen LogP contribution < -0.4 is 16.0 Å². The highest BCUT2D eigenvalue weighted by molar-refractivity contribution is 6.31. The molecule has 2 saturated carbocycles. The topological polar surface area (TPSA) is 250 Å². The van der Waals surface area contributed by atoms with Crippen LogP contribution in [-0.4, -0.2) is 233 Å². The summed E-state index contributed by atoms with van der Waals surface area (Å²) in [6, 6.07) is 0.507. The number of alkyl halides is 5. The first kappa shape index (κ1) is 77.6. The zero-order valence-electron chi connectivity index (χ0n) is 57.6. The molecule has 0 aromatic heterocycles. The van der Waals surface area contributed by atoms with Gasteiger partial charge in [0.1, 0.15) is 41.8 Å². The Morgan fingerprint density at radius 3 is 1.82 bits per heavy atom. The Labute approximate surface area is 565 Å². The number of nitrogens with zero attached hydrogens (tertiary/aromatic N) is 8. The second-order valence-corrected chi connectivity index (χ2v) is 28.0. The minimum Gasteiger partial charge on any atom is -0.343 e. The van der Waals surface area contributed by atoms with Crippen LogP contribution in [0.3, 0.4) is 0 Å². The number of rotatable bonds is 10. The van der Waals surface area contributed by atoms with Crippen LogP contribution in [0.25, 0.3) is 0 Å². The lowest BCUT2D eigenvalue weighted by Gasteiger charge is -2.47. The van der Waals surface area contributed by atoms with Crippen molar-refractivity contribution < 1.29 is 74.7 Å². The summed E-state index contributed by atoms with van der Waals surface area (Å²) in [6.45, 7) is 7.47. The minimum absolute atomic E-state index is 0.0267. The standard InChI is InChI=1S/C68H97ClF5N11O11/c1-14-42(5)57-63(94)80(9)37-55(88)78(7)38-56(89)83(12)51(34-45-23-21-41(4)22-24-45)62(93)79(8)36-53(86)75-49(28-26-44-25-27-47(48(69)33-44)68(72,73)74)61(92)85-39-67(70,71)35-52(85)60(91)77-66(29-18-30-66)65(96)84(13)58(46-19-16-15-17-20-46)64(95)81(10)43(6)32-54(87)82(11)50(31-40(2)3)59(90)76-57/h21-25,27,33,40,42-43,46,49-52,57-58H,14-20,26,28-32,34-39H2,1-13H3,(H,75,86)(H,76,90)(H,77,91)/t42-,43+,49-,50-,51-,52?,57-,58-/m0/s1. The average Bonchev–Trinajstić information content (AvgIpc) is 1.05. The van der Waals surface area contributed by atoms with Gasteiger partial charge in [-0.15, -0.1) is 0 Å². The first-order valence-electron chi connectivity index (χ1n) is 33.1. The van der Waals surface area contributed by atoms with E-state index in [0.29, 0.717) is 36.1 Å². The molecule has 28 heteroatoms. The summed E-state index contributed by atoms with van der Waals surface area (Å²) < 4.78 is 73.4. The molecule has 532 valence electrons. The van der Waals surface area contributed by atoms with E-state index in [0.717, 1.165) is 62.6 Å². The quantitative estimate of drug-likeness (QED) is 0.238. The van der Waals surface area contributed by atoms with E-state index in [1.807, 2.05) is 27.7 Å².